The standard InChI is InChI=1S/C18H25NO4/c1-14-7-3-4-8-15(14)18(9-5-2-6-10-18)17(22)19-11-12-23-13-16(20)21/h3-4,7-8H,2,5-6,9-13H2,1H3,(H,19,22)(H,20,21). The Morgan fingerprint density at radius 2 is 1.91 bits per heavy atom. The number of carbonyl (C=O) groups is 2. The van der Waals surface area contributed by atoms with E-state index in [1.807, 2.05) is 12.1 Å². The molecule has 1 aromatic carbocycles. The van der Waals surface area contributed by atoms with Crippen molar-refractivity contribution < 1.29 is 19.4 Å². The maximum atomic E-state index is 12.9. The Balaban J connectivity index is 2.05. The van der Waals surface area contributed by atoms with Crippen molar-refractivity contribution in [2.75, 3.05) is 19.8 Å². The number of hydrogen-bond acceptors (Lipinski definition) is 3. The van der Waals surface area contributed by atoms with Gasteiger partial charge in [-0.2, -0.15) is 0 Å². The van der Waals surface area contributed by atoms with Crippen molar-refractivity contribution in [2.24, 2.45) is 0 Å². The summed E-state index contributed by atoms with van der Waals surface area (Å²) >= 11 is 0. The Hall–Kier alpha value is -1.88. The summed E-state index contributed by atoms with van der Waals surface area (Å²) in [5, 5.41) is 11.5. The Morgan fingerprint density at radius 1 is 1.22 bits per heavy atom. The second-order valence-corrected chi connectivity index (χ2v) is 6.16. The third kappa shape index (κ3) is 4.32. The van der Waals surface area contributed by atoms with Gasteiger partial charge >= 0.3 is 5.97 Å². The Bertz CT molecular complexity index is 550. The fourth-order valence-electron chi connectivity index (χ4n) is 3.45. The second-order valence-electron chi connectivity index (χ2n) is 6.16. The molecule has 1 saturated carbocycles. The minimum absolute atomic E-state index is 0.0328. The van der Waals surface area contributed by atoms with E-state index in [2.05, 4.69) is 24.4 Å². The number of carbonyl (C=O) groups excluding carboxylic acids is 1. The lowest BCUT2D eigenvalue weighted by atomic mass is 9.67. The van der Waals surface area contributed by atoms with Gasteiger partial charge in [0.2, 0.25) is 5.91 Å². The number of carboxylic acids is 1. The smallest absolute Gasteiger partial charge is 0.329 e. The first kappa shape index (κ1) is 17.5. The topological polar surface area (TPSA) is 75.6 Å². The van der Waals surface area contributed by atoms with E-state index in [1.165, 1.54) is 6.42 Å². The molecule has 2 rings (SSSR count). The molecule has 0 aliphatic heterocycles. The molecule has 0 atom stereocenters. The molecule has 0 spiro atoms. The van der Waals surface area contributed by atoms with Gasteiger partial charge in [0, 0.05) is 6.54 Å². The van der Waals surface area contributed by atoms with Gasteiger partial charge in [-0.25, -0.2) is 4.79 Å². The lowest BCUT2D eigenvalue weighted by Gasteiger charge is -2.37. The highest BCUT2D eigenvalue weighted by molar-refractivity contribution is 5.88. The zero-order chi connectivity index (χ0) is 16.7. The lowest BCUT2D eigenvalue weighted by Crippen LogP contribution is -2.47. The van der Waals surface area contributed by atoms with Crippen LogP contribution in [0.5, 0.6) is 0 Å². The Labute approximate surface area is 137 Å². The van der Waals surface area contributed by atoms with Crippen molar-refractivity contribution in [1.82, 2.24) is 5.32 Å². The molecule has 0 heterocycles. The number of rotatable bonds is 7. The van der Waals surface area contributed by atoms with Gasteiger partial charge < -0.3 is 15.2 Å². The quantitative estimate of drug-likeness (QED) is 0.757. The van der Waals surface area contributed by atoms with E-state index in [4.69, 9.17) is 9.84 Å². The summed E-state index contributed by atoms with van der Waals surface area (Å²) in [6, 6.07) is 8.09. The zero-order valence-electron chi connectivity index (χ0n) is 13.6. The molecule has 0 unspecified atom stereocenters. The fraction of sp³-hybridized carbons (Fsp3) is 0.556. The maximum absolute atomic E-state index is 12.9. The Morgan fingerprint density at radius 3 is 2.57 bits per heavy atom. The molecular weight excluding hydrogens is 294 g/mol. The van der Waals surface area contributed by atoms with Crippen molar-refractivity contribution >= 4 is 11.9 Å². The second kappa shape index (κ2) is 8.11. The number of nitrogens with one attached hydrogen (secondary N) is 1. The zero-order valence-corrected chi connectivity index (χ0v) is 13.6. The molecule has 0 radical (unpaired) electrons. The van der Waals surface area contributed by atoms with Gasteiger partial charge in [0.05, 0.1) is 12.0 Å². The first-order valence-electron chi connectivity index (χ1n) is 8.20. The van der Waals surface area contributed by atoms with Crippen LogP contribution in [0.1, 0.15) is 43.2 Å². The average Bonchev–Trinajstić information content (AvgIpc) is 2.55. The van der Waals surface area contributed by atoms with Crippen LogP contribution in [0.25, 0.3) is 0 Å². The molecule has 0 bridgehead atoms. The van der Waals surface area contributed by atoms with Gasteiger partial charge in [-0.1, -0.05) is 43.5 Å². The van der Waals surface area contributed by atoms with Gasteiger partial charge in [-0.15, -0.1) is 0 Å². The SMILES string of the molecule is Cc1ccccc1C1(C(=O)NCCOCC(=O)O)CCCCC1. The highest BCUT2D eigenvalue weighted by Crippen LogP contribution is 2.41. The summed E-state index contributed by atoms with van der Waals surface area (Å²) in [5.41, 5.74) is 1.80. The first-order valence-corrected chi connectivity index (χ1v) is 8.20. The highest BCUT2D eigenvalue weighted by Gasteiger charge is 2.41. The van der Waals surface area contributed by atoms with Crippen molar-refractivity contribution in [1.29, 1.82) is 0 Å². The molecule has 2 N–H and O–H groups in total. The molecule has 1 aliphatic carbocycles. The number of benzene rings is 1. The fourth-order valence-corrected chi connectivity index (χ4v) is 3.45. The van der Waals surface area contributed by atoms with E-state index in [9.17, 15) is 9.59 Å². The van der Waals surface area contributed by atoms with E-state index in [-0.39, 0.29) is 19.1 Å². The molecule has 0 saturated heterocycles. The normalized spacial score (nSPS) is 16.7. The van der Waals surface area contributed by atoms with E-state index in [0.717, 1.165) is 36.8 Å². The van der Waals surface area contributed by atoms with Crippen LogP contribution >= 0.6 is 0 Å². The summed E-state index contributed by atoms with van der Waals surface area (Å²) in [4.78, 5) is 23.3. The number of carboxylic acid groups (broad SMARTS) is 1. The molecule has 126 valence electrons. The van der Waals surface area contributed by atoms with Gasteiger partial charge in [-0.3, -0.25) is 4.79 Å². The minimum atomic E-state index is -1.00. The van der Waals surface area contributed by atoms with Crippen LogP contribution in [-0.4, -0.2) is 36.7 Å². The molecule has 1 aromatic rings. The highest BCUT2D eigenvalue weighted by atomic mass is 16.5. The van der Waals surface area contributed by atoms with Gasteiger partial charge in [0.1, 0.15) is 6.61 Å². The van der Waals surface area contributed by atoms with Crippen LogP contribution in [0, 0.1) is 6.92 Å². The predicted molar refractivity (Wildman–Crippen MR) is 87.4 cm³/mol. The average molecular weight is 319 g/mol. The molecule has 1 amide bonds. The summed E-state index contributed by atoms with van der Waals surface area (Å²) in [5.74, 6) is -0.967. The number of aryl methyl sites for hydroxylation is 1. The van der Waals surface area contributed by atoms with Gasteiger partial charge in [-0.05, 0) is 30.9 Å². The third-order valence-corrected chi connectivity index (χ3v) is 4.56. The molecule has 0 aromatic heterocycles. The van der Waals surface area contributed by atoms with Crippen LogP contribution in [0.4, 0.5) is 0 Å². The van der Waals surface area contributed by atoms with Gasteiger partial charge in [0.15, 0.2) is 0 Å². The molecule has 1 fully saturated rings. The molecular formula is C18H25NO4. The van der Waals surface area contributed by atoms with E-state index >= 15 is 0 Å². The largest absolute Gasteiger partial charge is 0.480 e. The van der Waals surface area contributed by atoms with Crippen LogP contribution in [0.15, 0.2) is 24.3 Å². The third-order valence-electron chi connectivity index (χ3n) is 4.56. The molecule has 23 heavy (non-hydrogen) atoms. The maximum Gasteiger partial charge on any atom is 0.329 e. The summed E-state index contributed by atoms with van der Waals surface area (Å²) in [6.07, 6.45) is 5.00. The van der Waals surface area contributed by atoms with Crippen LogP contribution in [0.3, 0.4) is 0 Å². The molecule has 5 nitrogen and oxygen atoms in total. The number of aliphatic carboxylic acids is 1. The summed E-state index contributed by atoms with van der Waals surface area (Å²) in [6.45, 7) is 2.26. The Kier molecular flexibility index (Phi) is 6.16. The van der Waals surface area contributed by atoms with Crippen molar-refractivity contribution in [3.8, 4) is 0 Å². The van der Waals surface area contributed by atoms with Crippen molar-refractivity contribution in [3.63, 3.8) is 0 Å². The van der Waals surface area contributed by atoms with Crippen molar-refractivity contribution in [2.45, 2.75) is 44.4 Å². The van der Waals surface area contributed by atoms with E-state index in [0.29, 0.717) is 6.54 Å². The van der Waals surface area contributed by atoms with Crippen LogP contribution in [0.2, 0.25) is 0 Å². The molecule has 5 heteroatoms. The summed E-state index contributed by atoms with van der Waals surface area (Å²) in [7, 11) is 0. The minimum Gasteiger partial charge on any atom is -0.480 e. The monoisotopic (exact) mass is 319 g/mol. The number of amides is 1. The predicted octanol–water partition coefficient (Wildman–Crippen LogP) is 2.41. The first-order chi connectivity index (χ1) is 11.1. The van der Waals surface area contributed by atoms with Crippen LogP contribution in [-0.2, 0) is 19.7 Å². The number of ether oxygens (including phenoxy) is 1. The van der Waals surface area contributed by atoms with E-state index in [1.54, 1.807) is 0 Å². The van der Waals surface area contributed by atoms with Gasteiger partial charge in [0.25, 0.3) is 0 Å². The van der Waals surface area contributed by atoms with Crippen LogP contribution < -0.4 is 5.32 Å². The van der Waals surface area contributed by atoms with Crippen molar-refractivity contribution in [3.05, 3.63) is 35.4 Å². The molecule has 1 aliphatic rings. The van der Waals surface area contributed by atoms with E-state index < -0.39 is 11.4 Å². The number of hydrogen-bond donors (Lipinski definition) is 2. The summed E-state index contributed by atoms with van der Waals surface area (Å²) < 4.78 is 4.98. The lowest BCUT2D eigenvalue weighted by molar-refractivity contribution is -0.142.